The van der Waals surface area contributed by atoms with Crippen molar-refractivity contribution in [1.82, 2.24) is 9.55 Å². The van der Waals surface area contributed by atoms with E-state index in [0.717, 1.165) is 22.7 Å². The predicted molar refractivity (Wildman–Crippen MR) is 79.3 cm³/mol. The Morgan fingerprint density at radius 1 is 1.33 bits per heavy atom. The maximum atomic E-state index is 4.36. The first-order chi connectivity index (χ1) is 8.69. The molecule has 0 unspecified atom stereocenters. The summed E-state index contributed by atoms with van der Waals surface area (Å²) < 4.78 is 3.23. The number of halogens is 1. The van der Waals surface area contributed by atoms with Gasteiger partial charge in [-0.15, -0.1) is 0 Å². The molecule has 2 rings (SSSR count). The van der Waals surface area contributed by atoms with Crippen molar-refractivity contribution in [2.75, 3.05) is 5.32 Å². The third-order valence-electron chi connectivity index (χ3n) is 2.77. The number of aryl methyl sites for hydroxylation is 2. The number of nitrogens with zero attached hydrogens (tertiary/aromatic N) is 2. The molecule has 0 fully saturated rings. The Kier molecular flexibility index (Phi) is 4.42. The van der Waals surface area contributed by atoms with E-state index >= 15 is 0 Å². The minimum absolute atomic E-state index is 0.904. The van der Waals surface area contributed by atoms with Crippen LogP contribution in [0, 0.1) is 6.92 Å². The molecule has 4 heteroatoms. The Labute approximate surface area is 116 Å². The van der Waals surface area contributed by atoms with Crippen molar-refractivity contribution in [3.63, 3.8) is 0 Å². The van der Waals surface area contributed by atoms with E-state index in [1.54, 1.807) is 0 Å². The molecule has 1 N–H and O–H groups in total. The Balaban J connectivity index is 2.15. The van der Waals surface area contributed by atoms with Crippen LogP contribution in [0.4, 0.5) is 11.6 Å². The smallest absolute Gasteiger partial charge is 0.207 e. The Bertz CT molecular complexity index is 499. The summed E-state index contributed by atoms with van der Waals surface area (Å²) in [6, 6.07) is 6.27. The van der Waals surface area contributed by atoms with Crippen molar-refractivity contribution in [2.45, 2.75) is 33.2 Å². The van der Waals surface area contributed by atoms with Crippen LogP contribution in [0.15, 0.2) is 35.1 Å². The molecular formula is C14H18BrN3. The van der Waals surface area contributed by atoms with Crippen molar-refractivity contribution in [3.8, 4) is 0 Å². The summed E-state index contributed by atoms with van der Waals surface area (Å²) >= 11 is 3.51. The van der Waals surface area contributed by atoms with E-state index in [9.17, 15) is 0 Å². The lowest BCUT2D eigenvalue weighted by molar-refractivity contribution is 0.638. The van der Waals surface area contributed by atoms with Gasteiger partial charge in [0.1, 0.15) is 0 Å². The molecule has 3 nitrogen and oxygen atoms in total. The summed E-state index contributed by atoms with van der Waals surface area (Å²) in [7, 11) is 0. The van der Waals surface area contributed by atoms with Gasteiger partial charge in [0.25, 0.3) is 0 Å². The second kappa shape index (κ2) is 6.05. The number of imidazole rings is 1. The van der Waals surface area contributed by atoms with E-state index in [1.807, 2.05) is 12.4 Å². The lowest BCUT2D eigenvalue weighted by Gasteiger charge is -2.10. The van der Waals surface area contributed by atoms with Gasteiger partial charge in [-0.2, -0.15) is 0 Å². The van der Waals surface area contributed by atoms with Gasteiger partial charge in [-0.1, -0.05) is 29.3 Å². The molecule has 2 aromatic rings. The maximum Gasteiger partial charge on any atom is 0.207 e. The minimum Gasteiger partial charge on any atom is -0.326 e. The normalized spacial score (nSPS) is 10.6. The van der Waals surface area contributed by atoms with Gasteiger partial charge in [0, 0.05) is 29.1 Å². The van der Waals surface area contributed by atoms with Gasteiger partial charge in [-0.3, -0.25) is 0 Å². The Hall–Kier alpha value is -1.29. The number of hydrogen-bond donors (Lipinski definition) is 1. The van der Waals surface area contributed by atoms with Crippen LogP contribution in [-0.4, -0.2) is 9.55 Å². The molecule has 0 atom stereocenters. The van der Waals surface area contributed by atoms with Crippen molar-refractivity contribution >= 4 is 27.6 Å². The molecule has 0 saturated heterocycles. The van der Waals surface area contributed by atoms with Gasteiger partial charge < -0.3 is 9.88 Å². The molecule has 1 aromatic carbocycles. The fraction of sp³-hybridized carbons (Fsp3) is 0.357. The fourth-order valence-electron chi connectivity index (χ4n) is 1.88. The van der Waals surface area contributed by atoms with Crippen LogP contribution < -0.4 is 5.32 Å². The third kappa shape index (κ3) is 3.35. The molecule has 0 aliphatic heterocycles. The van der Waals surface area contributed by atoms with Crippen LogP contribution in [0.5, 0.6) is 0 Å². The number of nitrogens with one attached hydrogen (secondary N) is 1. The van der Waals surface area contributed by atoms with Crippen LogP contribution in [-0.2, 0) is 6.54 Å². The molecule has 1 heterocycles. The zero-order valence-corrected chi connectivity index (χ0v) is 12.4. The van der Waals surface area contributed by atoms with Crippen LogP contribution in [0.3, 0.4) is 0 Å². The van der Waals surface area contributed by atoms with Gasteiger partial charge in [-0.05, 0) is 37.1 Å². The summed E-state index contributed by atoms with van der Waals surface area (Å²) in [6.45, 7) is 5.28. The molecule has 0 bridgehead atoms. The third-order valence-corrected chi connectivity index (χ3v) is 3.22. The van der Waals surface area contributed by atoms with Crippen LogP contribution in [0.1, 0.15) is 25.3 Å². The number of rotatable bonds is 5. The molecular weight excluding hydrogens is 290 g/mol. The van der Waals surface area contributed by atoms with E-state index in [0.29, 0.717) is 0 Å². The number of aromatic nitrogens is 2. The van der Waals surface area contributed by atoms with Crippen LogP contribution >= 0.6 is 15.9 Å². The molecule has 1 aromatic heterocycles. The molecule has 0 radical (unpaired) electrons. The van der Waals surface area contributed by atoms with Crippen molar-refractivity contribution in [2.24, 2.45) is 0 Å². The van der Waals surface area contributed by atoms with E-state index in [-0.39, 0.29) is 0 Å². The predicted octanol–water partition coefficient (Wildman–Crippen LogP) is 4.50. The zero-order chi connectivity index (χ0) is 13.0. The molecule has 18 heavy (non-hydrogen) atoms. The van der Waals surface area contributed by atoms with Gasteiger partial charge in [0.05, 0.1) is 0 Å². The van der Waals surface area contributed by atoms with E-state index in [1.165, 1.54) is 18.4 Å². The van der Waals surface area contributed by atoms with Gasteiger partial charge >= 0.3 is 0 Å². The highest BCUT2D eigenvalue weighted by molar-refractivity contribution is 9.10. The topological polar surface area (TPSA) is 29.9 Å². The quantitative estimate of drug-likeness (QED) is 0.881. The first-order valence-electron chi connectivity index (χ1n) is 6.24. The molecule has 0 saturated carbocycles. The highest BCUT2D eigenvalue weighted by Crippen LogP contribution is 2.22. The number of hydrogen-bond acceptors (Lipinski definition) is 2. The average molecular weight is 308 g/mol. The monoisotopic (exact) mass is 307 g/mol. The largest absolute Gasteiger partial charge is 0.326 e. The average Bonchev–Trinajstić information content (AvgIpc) is 2.72. The van der Waals surface area contributed by atoms with Crippen molar-refractivity contribution < 1.29 is 0 Å². The molecule has 0 spiro atoms. The molecule has 0 aliphatic rings. The highest BCUT2D eigenvalue weighted by atomic mass is 79.9. The van der Waals surface area contributed by atoms with Gasteiger partial charge in [-0.25, -0.2) is 4.98 Å². The van der Waals surface area contributed by atoms with E-state index in [4.69, 9.17) is 0 Å². The number of unbranched alkanes of at least 4 members (excludes halogenated alkanes) is 1. The number of benzene rings is 1. The minimum atomic E-state index is 0.904. The fourth-order valence-corrected chi connectivity index (χ4v) is 2.49. The Morgan fingerprint density at radius 3 is 2.89 bits per heavy atom. The summed E-state index contributed by atoms with van der Waals surface area (Å²) in [6.07, 6.45) is 6.21. The summed E-state index contributed by atoms with van der Waals surface area (Å²) in [4.78, 5) is 4.36. The highest BCUT2D eigenvalue weighted by Gasteiger charge is 2.03. The summed E-state index contributed by atoms with van der Waals surface area (Å²) in [5.41, 5.74) is 2.28. The first-order valence-corrected chi connectivity index (χ1v) is 7.03. The first kappa shape index (κ1) is 13.1. The van der Waals surface area contributed by atoms with E-state index < -0.39 is 0 Å². The summed E-state index contributed by atoms with van der Waals surface area (Å²) in [5, 5.41) is 3.36. The van der Waals surface area contributed by atoms with Gasteiger partial charge in [0.2, 0.25) is 5.95 Å². The molecule has 0 aliphatic carbocycles. The van der Waals surface area contributed by atoms with Crippen LogP contribution in [0.2, 0.25) is 0 Å². The second-order valence-corrected chi connectivity index (χ2v) is 5.36. The summed E-state index contributed by atoms with van der Waals surface area (Å²) in [5.74, 6) is 0.904. The van der Waals surface area contributed by atoms with Gasteiger partial charge in [0.15, 0.2) is 0 Å². The Morgan fingerprint density at radius 2 is 2.17 bits per heavy atom. The SMILES string of the molecule is CCCCn1ccnc1Nc1cc(C)cc(Br)c1. The molecule has 0 amide bonds. The zero-order valence-electron chi connectivity index (χ0n) is 10.8. The lowest BCUT2D eigenvalue weighted by Crippen LogP contribution is -2.03. The lowest BCUT2D eigenvalue weighted by atomic mass is 10.2. The van der Waals surface area contributed by atoms with E-state index in [2.05, 4.69) is 62.8 Å². The standard InChI is InChI=1S/C14H18BrN3/c1-3-4-6-18-7-5-16-14(18)17-13-9-11(2)8-12(15)10-13/h5,7-10H,3-4,6H2,1-2H3,(H,16,17). The second-order valence-electron chi connectivity index (χ2n) is 4.44. The maximum absolute atomic E-state index is 4.36. The number of anilines is 2. The van der Waals surface area contributed by atoms with Crippen LogP contribution in [0.25, 0.3) is 0 Å². The van der Waals surface area contributed by atoms with Crippen molar-refractivity contribution in [1.29, 1.82) is 0 Å². The molecule has 96 valence electrons. The van der Waals surface area contributed by atoms with Crippen molar-refractivity contribution in [3.05, 3.63) is 40.6 Å².